The van der Waals surface area contributed by atoms with E-state index in [4.69, 9.17) is 0 Å². The minimum Gasteiger partial charge on any atom is -0.325 e. The first-order valence-corrected chi connectivity index (χ1v) is 9.64. The first-order chi connectivity index (χ1) is 12.5. The fraction of sp³-hybridized carbons (Fsp3) is 0.227. The van der Waals surface area contributed by atoms with Crippen LogP contribution in [0.4, 0.5) is 5.69 Å². The summed E-state index contributed by atoms with van der Waals surface area (Å²) in [5.74, 6) is -0.0377. The molecule has 3 rings (SSSR count). The van der Waals surface area contributed by atoms with Gasteiger partial charge in [0.05, 0.1) is 12.1 Å². The number of aryl methyl sites for hydroxylation is 2. The Bertz CT molecular complexity index is 856. The highest BCUT2D eigenvalue weighted by molar-refractivity contribution is 7.10. The summed E-state index contributed by atoms with van der Waals surface area (Å²) in [4.78, 5) is 13.8. The summed E-state index contributed by atoms with van der Waals surface area (Å²) in [6.07, 6.45) is 0. The van der Waals surface area contributed by atoms with Crippen molar-refractivity contribution in [3.63, 3.8) is 0 Å². The van der Waals surface area contributed by atoms with E-state index in [2.05, 4.69) is 53.3 Å². The Morgan fingerprint density at radius 3 is 2.38 bits per heavy atom. The number of hydrogen-bond acceptors (Lipinski definition) is 3. The molecule has 1 amide bonds. The molecule has 1 heterocycles. The zero-order valence-electron chi connectivity index (χ0n) is 15.3. The van der Waals surface area contributed by atoms with Crippen LogP contribution in [0.3, 0.4) is 0 Å². The van der Waals surface area contributed by atoms with Crippen molar-refractivity contribution in [2.24, 2.45) is 0 Å². The number of hydrogen-bond donors (Lipinski definition) is 2. The van der Waals surface area contributed by atoms with Gasteiger partial charge in [-0.25, -0.2) is 0 Å². The Kier molecular flexibility index (Phi) is 5.86. The third kappa shape index (κ3) is 4.59. The van der Waals surface area contributed by atoms with Crippen LogP contribution >= 0.6 is 11.3 Å². The lowest BCUT2D eigenvalue weighted by molar-refractivity contribution is -0.117. The van der Waals surface area contributed by atoms with Crippen LogP contribution in [-0.2, 0) is 4.79 Å². The highest BCUT2D eigenvalue weighted by atomic mass is 32.1. The molecule has 0 aliphatic carbocycles. The molecule has 0 aliphatic heterocycles. The summed E-state index contributed by atoms with van der Waals surface area (Å²) in [5, 5.41) is 8.55. The standard InChI is InChI=1S/C22H24N2OS/c1-15-9-11-18(12-10-15)21(20-8-5-13-26-20)23-17(3)22(25)24-19-7-4-6-16(2)14-19/h4-14,17,21,23H,1-3H3,(H,24,25)/t17-,21+/m1/s1. The van der Waals surface area contributed by atoms with Gasteiger partial charge in [-0.2, -0.15) is 0 Å². The molecule has 3 aromatic rings. The van der Waals surface area contributed by atoms with Crippen LogP contribution < -0.4 is 10.6 Å². The SMILES string of the molecule is Cc1ccc([C@H](N[C@H](C)C(=O)Nc2cccc(C)c2)c2cccs2)cc1. The number of amides is 1. The molecule has 134 valence electrons. The maximum atomic E-state index is 12.6. The molecule has 0 aliphatic rings. The molecule has 26 heavy (non-hydrogen) atoms. The smallest absolute Gasteiger partial charge is 0.241 e. The minimum atomic E-state index is -0.330. The Morgan fingerprint density at radius 1 is 0.962 bits per heavy atom. The zero-order valence-corrected chi connectivity index (χ0v) is 16.1. The van der Waals surface area contributed by atoms with Gasteiger partial charge in [0, 0.05) is 10.6 Å². The molecule has 2 aromatic carbocycles. The maximum Gasteiger partial charge on any atom is 0.241 e. The lowest BCUT2D eigenvalue weighted by Gasteiger charge is -2.23. The average molecular weight is 365 g/mol. The number of carbonyl (C=O) groups excluding carboxylic acids is 1. The minimum absolute atomic E-state index is 0.00569. The van der Waals surface area contributed by atoms with Gasteiger partial charge in [0.2, 0.25) is 5.91 Å². The number of rotatable bonds is 6. The van der Waals surface area contributed by atoms with Crippen molar-refractivity contribution >= 4 is 22.9 Å². The van der Waals surface area contributed by atoms with Gasteiger partial charge < -0.3 is 5.32 Å². The van der Waals surface area contributed by atoms with Gasteiger partial charge >= 0.3 is 0 Å². The Hall–Kier alpha value is -2.43. The number of anilines is 1. The van der Waals surface area contributed by atoms with E-state index in [0.29, 0.717) is 0 Å². The third-order valence-electron chi connectivity index (χ3n) is 4.33. The molecule has 0 saturated carbocycles. The molecule has 1 aromatic heterocycles. The highest BCUT2D eigenvalue weighted by Gasteiger charge is 2.21. The third-order valence-corrected chi connectivity index (χ3v) is 5.27. The summed E-state index contributed by atoms with van der Waals surface area (Å²) in [6, 6.07) is 20.1. The van der Waals surface area contributed by atoms with Crippen molar-refractivity contribution in [2.75, 3.05) is 5.32 Å². The van der Waals surface area contributed by atoms with Gasteiger partial charge in [-0.05, 0) is 55.5 Å². The van der Waals surface area contributed by atoms with Crippen LogP contribution in [0.25, 0.3) is 0 Å². The number of carbonyl (C=O) groups is 1. The van der Waals surface area contributed by atoms with Crippen LogP contribution in [0, 0.1) is 13.8 Å². The predicted octanol–water partition coefficient (Wildman–Crippen LogP) is 5.07. The fourth-order valence-electron chi connectivity index (χ4n) is 2.86. The van der Waals surface area contributed by atoms with E-state index < -0.39 is 0 Å². The van der Waals surface area contributed by atoms with Crippen molar-refractivity contribution in [3.8, 4) is 0 Å². The van der Waals surface area contributed by atoms with E-state index >= 15 is 0 Å². The van der Waals surface area contributed by atoms with Crippen molar-refractivity contribution in [2.45, 2.75) is 32.9 Å². The summed E-state index contributed by atoms with van der Waals surface area (Å²) < 4.78 is 0. The van der Waals surface area contributed by atoms with Crippen LogP contribution in [0.2, 0.25) is 0 Å². The second-order valence-corrected chi connectivity index (χ2v) is 7.59. The van der Waals surface area contributed by atoms with E-state index in [1.54, 1.807) is 11.3 Å². The Balaban J connectivity index is 1.75. The van der Waals surface area contributed by atoms with Gasteiger partial charge in [-0.3, -0.25) is 10.1 Å². The molecule has 0 spiro atoms. The van der Waals surface area contributed by atoms with Crippen molar-refractivity contribution < 1.29 is 4.79 Å². The largest absolute Gasteiger partial charge is 0.325 e. The van der Waals surface area contributed by atoms with Crippen LogP contribution in [0.5, 0.6) is 0 Å². The summed E-state index contributed by atoms with van der Waals surface area (Å²) in [7, 11) is 0. The van der Waals surface area contributed by atoms with Crippen LogP contribution in [0.15, 0.2) is 66.0 Å². The molecular formula is C22H24N2OS. The molecular weight excluding hydrogens is 340 g/mol. The van der Waals surface area contributed by atoms with Crippen molar-refractivity contribution in [1.82, 2.24) is 5.32 Å². The van der Waals surface area contributed by atoms with Crippen LogP contribution in [-0.4, -0.2) is 11.9 Å². The van der Waals surface area contributed by atoms with E-state index in [-0.39, 0.29) is 18.0 Å². The highest BCUT2D eigenvalue weighted by Crippen LogP contribution is 2.27. The second-order valence-electron chi connectivity index (χ2n) is 6.61. The zero-order chi connectivity index (χ0) is 18.5. The monoisotopic (exact) mass is 364 g/mol. The quantitative estimate of drug-likeness (QED) is 0.641. The van der Waals surface area contributed by atoms with Gasteiger partial charge in [0.15, 0.2) is 0 Å². The topological polar surface area (TPSA) is 41.1 Å². The van der Waals surface area contributed by atoms with E-state index in [0.717, 1.165) is 16.8 Å². The first kappa shape index (κ1) is 18.4. The summed E-state index contributed by atoms with van der Waals surface area (Å²) >= 11 is 1.70. The Labute approximate surface area is 159 Å². The Morgan fingerprint density at radius 2 is 1.73 bits per heavy atom. The van der Waals surface area contributed by atoms with Gasteiger partial charge in [-0.1, -0.05) is 48.0 Å². The first-order valence-electron chi connectivity index (χ1n) is 8.76. The number of benzene rings is 2. The molecule has 4 heteroatoms. The molecule has 0 saturated heterocycles. The summed E-state index contributed by atoms with van der Waals surface area (Å²) in [6.45, 7) is 6.00. The molecule has 0 radical (unpaired) electrons. The molecule has 0 bridgehead atoms. The number of thiophene rings is 1. The van der Waals surface area contributed by atoms with E-state index in [9.17, 15) is 4.79 Å². The lowest BCUT2D eigenvalue weighted by atomic mass is 10.0. The molecule has 3 nitrogen and oxygen atoms in total. The predicted molar refractivity (Wildman–Crippen MR) is 110 cm³/mol. The lowest BCUT2D eigenvalue weighted by Crippen LogP contribution is -2.40. The van der Waals surface area contributed by atoms with Crippen molar-refractivity contribution in [1.29, 1.82) is 0 Å². The van der Waals surface area contributed by atoms with Gasteiger partial charge in [0.25, 0.3) is 0 Å². The normalized spacial score (nSPS) is 13.2. The average Bonchev–Trinajstić information content (AvgIpc) is 3.14. The van der Waals surface area contributed by atoms with Gasteiger partial charge in [-0.15, -0.1) is 11.3 Å². The van der Waals surface area contributed by atoms with Crippen molar-refractivity contribution in [3.05, 3.63) is 87.6 Å². The van der Waals surface area contributed by atoms with E-state index in [1.165, 1.54) is 10.4 Å². The van der Waals surface area contributed by atoms with Gasteiger partial charge in [0.1, 0.15) is 0 Å². The molecule has 0 unspecified atom stereocenters. The fourth-order valence-corrected chi connectivity index (χ4v) is 3.67. The second kappa shape index (κ2) is 8.30. The summed E-state index contributed by atoms with van der Waals surface area (Å²) in [5.41, 5.74) is 4.34. The van der Waals surface area contributed by atoms with Crippen LogP contribution in [0.1, 0.15) is 34.5 Å². The van der Waals surface area contributed by atoms with E-state index in [1.807, 2.05) is 44.2 Å². The molecule has 2 atom stereocenters. The maximum absolute atomic E-state index is 12.6. The number of nitrogens with one attached hydrogen (secondary N) is 2. The molecule has 2 N–H and O–H groups in total. The molecule has 0 fully saturated rings.